The Morgan fingerprint density at radius 2 is 1.97 bits per heavy atom. The van der Waals surface area contributed by atoms with Crippen molar-refractivity contribution in [1.82, 2.24) is 19.4 Å². The third-order valence-electron chi connectivity index (χ3n) is 5.79. The van der Waals surface area contributed by atoms with E-state index in [0.29, 0.717) is 39.5 Å². The highest BCUT2D eigenvalue weighted by Gasteiger charge is 2.18. The first kappa shape index (κ1) is 24.6. The van der Waals surface area contributed by atoms with Crippen LogP contribution in [0.15, 0.2) is 48.8 Å². The summed E-state index contributed by atoms with van der Waals surface area (Å²) in [5.41, 5.74) is 10.1. The molecule has 0 fully saturated rings. The van der Waals surface area contributed by atoms with E-state index in [0.717, 1.165) is 29.4 Å². The zero-order valence-corrected chi connectivity index (χ0v) is 21.4. The van der Waals surface area contributed by atoms with E-state index in [1.54, 1.807) is 25.4 Å². The second-order valence-electron chi connectivity index (χ2n) is 8.69. The van der Waals surface area contributed by atoms with Crippen LogP contribution in [-0.2, 0) is 7.05 Å². The lowest BCUT2D eigenvalue weighted by atomic mass is 10.1. The number of para-hydroxylation sites is 1. The fourth-order valence-electron chi connectivity index (χ4n) is 4.05. The van der Waals surface area contributed by atoms with Gasteiger partial charge in [-0.3, -0.25) is 0 Å². The first-order chi connectivity index (χ1) is 16.8. The standard InChI is InChI=1S/C26H31ClN6O2/c1-6-16(14-32(2)3)35-23-12-24(34-5)21(11-20(23)28)30-26-29-13-19(27)25(31-26)18-15-33(4)22-10-8-7-9-17(18)22/h7-13,15-16H,6,14,28H2,1-5H3,(H,29,30,31)/t16-/m0/s1. The van der Waals surface area contributed by atoms with Gasteiger partial charge in [0, 0.05) is 42.3 Å². The van der Waals surface area contributed by atoms with Gasteiger partial charge in [-0.1, -0.05) is 36.7 Å². The molecule has 0 unspecified atom stereocenters. The van der Waals surface area contributed by atoms with Crippen LogP contribution in [0.5, 0.6) is 11.5 Å². The van der Waals surface area contributed by atoms with Crippen molar-refractivity contribution in [2.24, 2.45) is 7.05 Å². The highest BCUT2D eigenvalue weighted by Crippen LogP contribution is 2.38. The average molecular weight is 495 g/mol. The maximum atomic E-state index is 6.52. The predicted molar refractivity (Wildman–Crippen MR) is 143 cm³/mol. The van der Waals surface area contributed by atoms with Gasteiger partial charge in [0.25, 0.3) is 0 Å². The second kappa shape index (κ2) is 10.4. The van der Waals surface area contributed by atoms with E-state index in [9.17, 15) is 0 Å². The number of aromatic nitrogens is 3. The number of likely N-dealkylation sites (N-methyl/N-ethyl adjacent to an activating group) is 1. The fourth-order valence-corrected chi connectivity index (χ4v) is 4.24. The quantitative estimate of drug-likeness (QED) is 0.303. The highest BCUT2D eigenvalue weighted by atomic mass is 35.5. The second-order valence-corrected chi connectivity index (χ2v) is 9.09. The summed E-state index contributed by atoms with van der Waals surface area (Å²) in [5, 5.41) is 4.76. The van der Waals surface area contributed by atoms with E-state index >= 15 is 0 Å². The lowest BCUT2D eigenvalue weighted by Gasteiger charge is -2.23. The molecule has 2 aromatic heterocycles. The number of benzene rings is 2. The molecule has 0 spiro atoms. The number of hydrogen-bond acceptors (Lipinski definition) is 7. The number of rotatable bonds is 9. The van der Waals surface area contributed by atoms with Crippen LogP contribution in [0.3, 0.4) is 0 Å². The van der Waals surface area contributed by atoms with Crippen molar-refractivity contribution in [2.45, 2.75) is 19.4 Å². The van der Waals surface area contributed by atoms with Crippen molar-refractivity contribution in [3.05, 3.63) is 53.8 Å². The molecule has 0 aliphatic carbocycles. The highest BCUT2D eigenvalue weighted by molar-refractivity contribution is 6.33. The molecule has 2 aromatic carbocycles. The summed E-state index contributed by atoms with van der Waals surface area (Å²) >= 11 is 6.52. The Hall–Kier alpha value is -3.49. The molecule has 1 atom stereocenters. The monoisotopic (exact) mass is 494 g/mol. The Balaban J connectivity index is 1.66. The minimum absolute atomic E-state index is 0.0127. The molecule has 3 N–H and O–H groups in total. The van der Waals surface area contributed by atoms with Gasteiger partial charge in [-0.15, -0.1) is 0 Å². The van der Waals surface area contributed by atoms with E-state index in [4.69, 9.17) is 31.8 Å². The molecule has 8 nitrogen and oxygen atoms in total. The zero-order valence-electron chi connectivity index (χ0n) is 20.7. The first-order valence-electron chi connectivity index (χ1n) is 11.4. The van der Waals surface area contributed by atoms with Gasteiger partial charge in [0.1, 0.15) is 17.6 Å². The average Bonchev–Trinajstić information content (AvgIpc) is 3.17. The summed E-state index contributed by atoms with van der Waals surface area (Å²) in [7, 11) is 7.63. The molecule has 2 heterocycles. The molecule has 0 aliphatic rings. The number of ether oxygens (including phenoxy) is 2. The Morgan fingerprint density at radius 1 is 1.20 bits per heavy atom. The summed E-state index contributed by atoms with van der Waals surface area (Å²) in [4.78, 5) is 11.2. The predicted octanol–water partition coefficient (Wildman–Crippen LogP) is 5.34. The molecule has 9 heteroatoms. The van der Waals surface area contributed by atoms with Crippen LogP contribution >= 0.6 is 11.6 Å². The maximum absolute atomic E-state index is 6.52. The van der Waals surface area contributed by atoms with Gasteiger partial charge in [-0.05, 0) is 32.6 Å². The largest absolute Gasteiger partial charge is 0.494 e. The molecule has 4 rings (SSSR count). The number of anilines is 3. The third kappa shape index (κ3) is 5.28. The number of halogens is 1. The Morgan fingerprint density at radius 3 is 2.69 bits per heavy atom. The minimum Gasteiger partial charge on any atom is -0.494 e. The smallest absolute Gasteiger partial charge is 0.227 e. The van der Waals surface area contributed by atoms with Gasteiger partial charge in [0.05, 0.1) is 35.4 Å². The summed E-state index contributed by atoms with van der Waals surface area (Å²) < 4.78 is 13.8. The fraction of sp³-hybridized carbons (Fsp3) is 0.308. The van der Waals surface area contributed by atoms with Gasteiger partial charge in [0.15, 0.2) is 0 Å². The van der Waals surface area contributed by atoms with Crippen molar-refractivity contribution >= 4 is 39.8 Å². The summed E-state index contributed by atoms with van der Waals surface area (Å²) in [6.45, 7) is 2.87. The summed E-state index contributed by atoms with van der Waals surface area (Å²) in [6, 6.07) is 11.7. The Kier molecular flexibility index (Phi) is 7.33. The molecule has 4 aromatic rings. The molecule has 35 heavy (non-hydrogen) atoms. The number of methoxy groups -OCH3 is 1. The van der Waals surface area contributed by atoms with Crippen molar-refractivity contribution in [3.8, 4) is 22.8 Å². The molecule has 0 radical (unpaired) electrons. The normalized spacial score (nSPS) is 12.2. The Bertz CT molecular complexity index is 1340. The molecule has 0 amide bonds. The van der Waals surface area contributed by atoms with Crippen LogP contribution in [0, 0.1) is 0 Å². The van der Waals surface area contributed by atoms with Crippen LogP contribution < -0.4 is 20.5 Å². The number of nitrogen functional groups attached to an aromatic ring is 1. The molecular formula is C26H31ClN6O2. The van der Waals surface area contributed by atoms with Gasteiger partial charge in [0.2, 0.25) is 5.95 Å². The molecule has 0 saturated heterocycles. The van der Waals surface area contributed by atoms with Crippen molar-refractivity contribution in [2.75, 3.05) is 38.8 Å². The van der Waals surface area contributed by atoms with Crippen LogP contribution in [-0.4, -0.2) is 53.3 Å². The molecule has 0 bridgehead atoms. The van der Waals surface area contributed by atoms with E-state index in [2.05, 4.69) is 38.8 Å². The number of aryl methyl sites for hydroxylation is 1. The lowest BCUT2D eigenvalue weighted by molar-refractivity contribution is 0.157. The summed E-state index contributed by atoms with van der Waals surface area (Å²) in [5.74, 6) is 1.52. The van der Waals surface area contributed by atoms with Crippen LogP contribution in [0.4, 0.5) is 17.3 Å². The molecule has 0 saturated carbocycles. The number of hydrogen-bond donors (Lipinski definition) is 2. The van der Waals surface area contributed by atoms with Crippen molar-refractivity contribution in [3.63, 3.8) is 0 Å². The third-order valence-corrected chi connectivity index (χ3v) is 6.07. The molecular weight excluding hydrogens is 464 g/mol. The summed E-state index contributed by atoms with van der Waals surface area (Å²) in [6.07, 6.45) is 4.48. The number of nitrogens with zero attached hydrogens (tertiary/aromatic N) is 4. The minimum atomic E-state index is 0.0127. The van der Waals surface area contributed by atoms with Gasteiger partial charge in [-0.2, -0.15) is 0 Å². The number of nitrogens with one attached hydrogen (secondary N) is 1. The van der Waals surface area contributed by atoms with Crippen molar-refractivity contribution < 1.29 is 9.47 Å². The zero-order chi connectivity index (χ0) is 25.1. The number of nitrogens with two attached hydrogens (primary N) is 1. The van der Waals surface area contributed by atoms with Crippen molar-refractivity contribution in [1.29, 1.82) is 0 Å². The molecule has 0 aliphatic heterocycles. The van der Waals surface area contributed by atoms with E-state index in [-0.39, 0.29) is 6.10 Å². The van der Waals surface area contributed by atoms with Crippen LogP contribution in [0.1, 0.15) is 13.3 Å². The first-order valence-corrected chi connectivity index (χ1v) is 11.8. The van der Waals surface area contributed by atoms with E-state index < -0.39 is 0 Å². The number of fused-ring (bicyclic) bond motifs is 1. The van der Waals surface area contributed by atoms with Crippen LogP contribution in [0.25, 0.3) is 22.2 Å². The van der Waals surface area contributed by atoms with Crippen LogP contribution in [0.2, 0.25) is 5.02 Å². The van der Waals surface area contributed by atoms with Gasteiger partial charge in [-0.25, -0.2) is 9.97 Å². The topological polar surface area (TPSA) is 90.5 Å². The Labute approximate surface area is 210 Å². The van der Waals surface area contributed by atoms with E-state index in [1.165, 1.54) is 0 Å². The maximum Gasteiger partial charge on any atom is 0.227 e. The van der Waals surface area contributed by atoms with E-state index in [1.807, 2.05) is 39.5 Å². The molecule has 184 valence electrons. The SMILES string of the molecule is CC[C@@H](CN(C)C)Oc1cc(OC)c(Nc2ncc(Cl)c(-c3cn(C)c4ccccc34)n2)cc1N. The van der Waals surface area contributed by atoms with Gasteiger partial charge < -0.3 is 30.0 Å². The van der Waals surface area contributed by atoms with Gasteiger partial charge >= 0.3 is 0 Å². The lowest BCUT2D eigenvalue weighted by Crippen LogP contribution is -2.30.